The van der Waals surface area contributed by atoms with Gasteiger partial charge in [-0.25, -0.2) is 4.79 Å². The van der Waals surface area contributed by atoms with Gasteiger partial charge in [0.2, 0.25) is 17.7 Å². The lowest BCUT2D eigenvalue weighted by Gasteiger charge is -2.26. The Bertz CT molecular complexity index is 694. The van der Waals surface area contributed by atoms with Crippen molar-refractivity contribution in [3.63, 3.8) is 0 Å². The Hall–Kier alpha value is -3.26. The molecule has 0 radical (unpaired) electrons. The normalized spacial score (nSPS) is 15.5. The minimum absolute atomic E-state index is 0.439. The highest BCUT2D eigenvalue weighted by atomic mass is 16.4. The molecule has 5 unspecified atom stereocenters. The van der Waals surface area contributed by atoms with Gasteiger partial charge in [0, 0.05) is 12.8 Å². The Balaban J connectivity index is 5.45. The molecule has 14 nitrogen and oxygen atoms in total. The molecule has 0 rings (SSSR count). The molecule has 0 aromatic heterocycles. The van der Waals surface area contributed by atoms with Crippen molar-refractivity contribution in [1.82, 2.24) is 16.0 Å². The van der Waals surface area contributed by atoms with Crippen molar-refractivity contribution < 1.29 is 49.2 Å². The molecule has 5 atom stereocenters. The second-order valence-corrected chi connectivity index (χ2v) is 6.84. The van der Waals surface area contributed by atoms with Crippen molar-refractivity contribution in [2.24, 2.45) is 5.73 Å². The lowest BCUT2D eigenvalue weighted by molar-refractivity contribution is -0.144. The van der Waals surface area contributed by atoms with Crippen LogP contribution in [0, 0.1) is 0 Å². The average molecular weight is 448 g/mol. The summed E-state index contributed by atoms with van der Waals surface area (Å²) in [5.74, 6) is -7.00. The fourth-order valence-electron chi connectivity index (χ4n) is 2.29. The number of rotatable bonds is 14. The molecule has 0 heterocycles. The van der Waals surface area contributed by atoms with Crippen LogP contribution < -0.4 is 21.7 Å². The van der Waals surface area contributed by atoms with Crippen LogP contribution in [0.5, 0.6) is 0 Å². The molecule has 0 fully saturated rings. The first-order chi connectivity index (χ1) is 14.3. The first-order valence-corrected chi connectivity index (χ1v) is 9.27. The van der Waals surface area contributed by atoms with Crippen LogP contribution in [0.4, 0.5) is 0 Å². The number of aliphatic hydroxyl groups is 1. The third kappa shape index (κ3) is 10.9. The van der Waals surface area contributed by atoms with Crippen LogP contribution in [0.15, 0.2) is 0 Å². The summed E-state index contributed by atoms with van der Waals surface area (Å²) in [5, 5.41) is 42.9. The first-order valence-electron chi connectivity index (χ1n) is 9.27. The molecule has 0 aliphatic rings. The number of carboxylic acids is 3. The number of carbonyl (C=O) groups is 6. The molecule has 0 saturated heterocycles. The minimum atomic E-state index is -1.60. The van der Waals surface area contributed by atoms with Crippen LogP contribution in [-0.2, 0) is 28.8 Å². The molecule has 0 aliphatic heterocycles. The average Bonchev–Trinajstić information content (AvgIpc) is 2.64. The van der Waals surface area contributed by atoms with E-state index in [0.717, 1.165) is 0 Å². The number of nitrogens with two attached hydrogens (primary N) is 1. The van der Waals surface area contributed by atoms with Crippen LogP contribution in [0.2, 0.25) is 0 Å². The number of carbonyl (C=O) groups excluding carboxylic acids is 3. The van der Waals surface area contributed by atoms with Gasteiger partial charge in [-0.3, -0.25) is 24.0 Å². The zero-order valence-corrected chi connectivity index (χ0v) is 17.0. The molecule has 0 bridgehead atoms. The largest absolute Gasteiger partial charge is 0.481 e. The smallest absolute Gasteiger partial charge is 0.326 e. The van der Waals surface area contributed by atoms with Gasteiger partial charge in [0.05, 0.1) is 12.1 Å². The highest BCUT2D eigenvalue weighted by molar-refractivity contribution is 5.94. The lowest BCUT2D eigenvalue weighted by Crippen LogP contribution is -2.59. The van der Waals surface area contributed by atoms with Crippen molar-refractivity contribution in [2.75, 3.05) is 0 Å². The standard InChI is InChI=1S/C17H28N4O10/c1-7(18)14(27)21-13(8(2)22)16(29)19-9(3-5-11(23)24)15(28)20-10(17(30)31)4-6-12(25)26/h7-10,13,22H,3-6,18H2,1-2H3,(H,19,29)(H,20,28)(H,21,27)(H,23,24)(H,25,26)(H,30,31). The second-order valence-electron chi connectivity index (χ2n) is 6.84. The van der Waals surface area contributed by atoms with Crippen molar-refractivity contribution in [3.05, 3.63) is 0 Å². The van der Waals surface area contributed by atoms with Gasteiger partial charge in [0.15, 0.2) is 0 Å². The zero-order valence-electron chi connectivity index (χ0n) is 17.0. The van der Waals surface area contributed by atoms with E-state index < -0.39 is 91.6 Å². The molecule has 0 saturated carbocycles. The van der Waals surface area contributed by atoms with E-state index in [9.17, 15) is 33.9 Å². The third-order valence-electron chi connectivity index (χ3n) is 4.02. The summed E-state index contributed by atoms with van der Waals surface area (Å²) in [7, 11) is 0. The van der Waals surface area contributed by atoms with Crippen LogP contribution in [0.25, 0.3) is 0 Å². The van der Waals surface area contributed by atoms with Crippen LogP contribution in [0.3, 0.4) is 0 Å². The van der Waals surface area contributed by atoms with E-state index in [4.69, 9.17) is 21.1 Å². The fourth-order valence-corrected chi connectivity index (χ4v) is 2.29. The SMILES string of the molecule is CC(N)C(=O)NC(C(=O)NC(CCC(=O)O)C(=O)NC(CCC(=O)O)C(=O)O)C(C)O. The maximum atomic E-state index is 12.5. The summed E-state index contributed by atoms with van der Waals surface area (Å²) in [5.41, 5.74) is 5.40. The molecule has 9 N–H and O–H groups in total. The van der Waals surface area contributed by atoms with Crippen molar-refractivity contribution in [3.8, 4) is 0 Å². The summed E-state index contributed by atoms with van der Waals surface area (Å²) in [6, 6.07) is -5.67. The van der Waals surface area contributed by atoms with Gasteiger partial charge >= 0.3 is 17.9 Å². The summed E-state index contributed by atoms with van der Waals surface area (Å²) >= 11 is 0. The number of carboxylic acid groups (broad SMARTS) is 3. The minimum Gasteiger partial charge on any atom is -0.481 e. The van der Waals surface area contributed by atoms with Gasteiger partial charge in [0.1, 0.15) is 18.1 Å². The zero-order chi connectivity index (χ0) is 24.3. The van der Waals surface area contributed by atoms with E-state index in [1.165, 1.54) is 13.8 Å². The highest BCUT2D eigenvalue weighted by Gasteiger charge is 2.32. The molecule has 176 valence electrons. The Morgan fingerprint density at radius 3 is 1.58 bits per heavy atom. The van der Waals surface area contributed by atoms with E-state index in [-0.39, 0.29) is 0 Å². The molecule has 0 spiro atoms. The van der Waals surface area contributed by atoms with Crippen molar-refractivity contribution in [2.45, 2.75) is 69.8 Å². The third-order valence-corrected chi connectivity index (χ3v) is 4.02. The molecule has 14 heteroatoms. The van der Waals surface area contributed by atoms with Crippen molar-refractivity contribution in [1.29, 1.82) is 0 Å². The van der Waals surface area contributed by atoms with Gasteiger partial charge in [0.25, 0.3) is 0 Å². The summed E-state index contributed by atoms with van der Waals surface area (Å²) in [6.45, 7) is 2.52. The number of aliphatic hydroxyl groups excluding tert-OH is 1. The second kappa shape index (κ2) is 13.1. The highest BCUT2D eigenvalue weighted by Crippen LogP contribution is 2.05. The van der Waals surface area contributed by atoms with Crippen molar-refractivity contribution >= 4 is 35.6 Å². The molecular formula is C17H28N4O10. The number of amides is 3. The summed E-state index contributed by atoms with van der Waals surface area (Å²) in [4.78, 5) is 69.5. The van der Waals surface area contributed by atoms with Gasteiger partial charge in [-0.1, -0.05) is 0 Å². The molecule has 0 aromatic rings. The monoisotopic (exact) mass is 448 g/mol. The van der Waals surface area contributed by atoms with Gasteiger partial charge in [-0.15, -0.1) is 0 Å². The van der Waals surface area contributed by atoms with E-state index in [1.807, 2.05) is 5.32 Å². The predicted molar refractivity (Wildman–Crippen MR) is 102 cm³/mol. The first kappa shape index (κ1) is 27.7. The molecule has 3 amide bonds. The topological polar surface area (TPSA) is 245 Å². The van der Waals surface area contributed by atoms with E-state index in [0.29, 0.717) is 0 Å². The van der Waals surface area contributed by atoms with Gasteiger partial charge in [-0.05, 0) is 26.7 Å². The Kier molecular flexibility index (Phi) is 11.7. The summed E-state index contributed by atoms with van der Waals surface area (Å²) in [6.07, 6.45) is -3.43. The van der Waals surface area contributed by atoms with E-state index in [1.54, 1.807) is 0 Å². The van der Waals surface area contributed by atoms with Gasteiger partial charge < -0.3 is 42.1 Å². The lowest BCUT2D eigenvalue weighted by atomic mass is 10.1. The quantitative estimate of drug-likeness (QED) is 0.133. The predicted octanol–water partition coefficient (Wildman–Crippen LogP) is -3.02. The molecular weight excluding hydrogens is 420 g/mol. The number of hydrogen-bond acceptors (Lipinski definition) is 8. The molecule has 31 heavy (non-hydrogen) atoms. The Morgan fingerprint density at radius 1 is 0.742 bits per heavy atom. The molecule has 0 aliphatic carbocycles. The number of hydrogen-bond donors (Lipinski definition) is 8. The van der Waals surface area contributed by atoms with Gasteiger partial charge in [-0.2, -0.15) is 0 Å². The summed E-state index contributed by atoms with van der Waals surface area (Å²) < 4.78 is 0. The van der Waals surface area contributed by atoms with Crippen LogP contribution >= 0.6 is 0 Å². The van der Waals surface area contributed by atoms with E-state index >= 15 is 0 Å². The fraction of sp³-hybridized carbons (Fsp3) is 0.647. The maximum absolute atomic E-state index is 12.5. The Labute approximate surface area is 177 Å². The number of aliphatic carboxylic acids is 3. The molecule has 0 aromatic carbocycles. The Morgan fingerprint density at radius 2 is 1.19 bits per heavy atom. The van der Waals surface area contributed by atoms with Crippen LogP contribution in [-0.4, -0.2) is 86.3 Å². The van der Waals surface area contributed by atoms with E-state index in [2.05, 4.69) is 10.6 Å². The maximum Gasteiger partial charge on any atom is 0.326 e. The number of nitrogens with one attached hydrogen (secondary N) is 3. The van der Waals surface area contributed by atoms with Crippen LogP contribution in [0.1, 0.15) is 39.5 Å².